The molecule has 9 heteroatoms. The first-order valence-corrected chi connectivity index (χ1v) is 7.79. The molecule has 3 heterocycles. The number of carbonyl (C=O) groups is 1. The van der Waals surface area contributed by atoms with Crippen molar-refractivity contribution in [2.75, 3.05) is 16.8 Å². The highest BCUT2D eigenvalue weighted by Crippen LogP contribution is 2.26. The van der Waals surface area contributed by atoms with E-state index in [1.54, 1.807) is 18.5 Å². The molecule has 3 rings (SSSR count). The maximum atomic E-state index is 11.8. The van der Waals surface area contributed by atoms with Crippen LogP contribution in [0, 0.1) is 0 Å². The van der Waals surface area contributed by atoms with Crippen LogP contribution in [-0.2, 0) is 4.79 Å². The van der Waals surface area contributed by atoms with Gasteiger partial charge in [-0.25, -0.2) is 19.9 Å². The smallest absolute Gasteiger partial charge is 0.237 e. The summed E-state index contributed by atoms with van der Waals surface area (Å²) >= 11 is 2.70. The lowest BCUT2D eigenvalue weighted by molar-refractivity contribution is -0.113. The van der Waals surface area contributed by atoms with Gasteiger partial charge in [-0.3, -0.25) is 10.1 Å². The standard InChI is InChI=1S/C12H10N6OS2/c13-9-7-2-5-20-10(7)18-12(17-9)21-6-8(19)16-11-14-3-1-4-15-11/h1-5H,6H2,(H2,13,17,18)(H,14,15,16,19). The number of thioether (sulfide) groups is 1. The number of hydrogen-bond donors (Lipinski definition) is 2. The maximum Gasteiger partial charge on any atom is 0.237 e. The van der Waals surface area contributed by atoms with Crippen molar-refractivity contribution in [2.24, 2.45) is 0 Å². The van der Waals surface area contributed by atoms with Crippen LogP contribution in [-0.4, -0.2) is 31.6 Å². The van der Waals surface area contributed by atoms with Gasteiger partial charge < -0.3 is 5.73 Å². The second kappa shape index (κ2) is 6.02. The average Bonchev–Trinajstić information content (AvgIpc) is 2.95. The Bertz CT molecular complexity index is 776. The Kier molecular flexibility index (Phi) is 3.93. The van der Waals surface area contributed by atoms with E-state index in [4.69, 9.17) is 5.73 Å². The lowest BCUT2D eigenvalue weighted by atomic mass is 10.4. The number of hydrogen-bond acceptors (Lipinski definition) is 8. The van der Waals surface area contributed by atoms with E-state index in [-0.39, 0.29) is 17.6 Å². The van der Waals surface area contributed by atoms with E-state index in [1.165, 1.54) is 23.1 Å². The Hall–Kier alpha value is -2.26. The number of thiophene rings is 1. The van der Waals surface area contributed by atoms with Crippen molar-refractivity contribution < 1.29 is 4.79 Å². The number of amides is 1. The molecule has 0 spiro atoms. The van der Waals surface area contributed by atoms with E-state index in [1.807, 2.05) is 11.4 Å². The van der Waals surface area contributed by atoms with Gasteiger partial charge >= 0.3 is 0 Å². The normalized spacial score (nSPS) is 10.7. The van der Waals surface area contributed by atoms with Crippen LogP contribution in [0.1, 0.15) is 0 Å². The Balaban J connectivity index is 1.64. The van der Waals surface area contributed by atoms with E-state index in [0.717, 1.165) is 10.2 Å². The molecular weight excluding hydrogens is 308 g/mol. The molecule has 21 heavy (non-hydrogen) atoms. The Morgan fingerprint density at radius 2 is 2.14 bits per heavy atom. The predicted molar refractivity (Wildman–Crippen MR) is 83.2 cm³/mol. The zero-order valence-corrected chi connectivity index (χ0v) is 12.3. The van der Waals surface area contributed by atoms with Crippen molar-refractivity contribution in [1.82, 2.24) is 19.9 Å². The molecule has 0 aliphatic heterocycles. The number of nitrogens with one attached hydrogen (secondary N) is 1. The molecule has 3 N–H and O–H groups in total. The Labute approximate surface area is 128 Å². The van der Waals surface area contributed by atoms with Crippen LogP contribution in [0.15, 0.2) is 35.1 Å². The lowest BCUT2D eigenvalue weighted by Crippen LogP contribution is -2.16. The molecule has 1 amide bonds. The molecule has 0 saturated heterocycles. The number of nitrogens with zero attached hydrogens (tertiary/aromatic N) is 4. The van der Waals surface area contributed by atoms with E-state index >= 15 is 0 Å². The Morgan fingerprint density at radius 1 is 1.33 bits per heavy atom. The molecule has 0 aliphatic rings. The van der Waals surface area contributed by atoms with E-state index in [0.29, 0.717) is 11.0 Å². The minimum atomic E-state index is -0.223. The van der Waals surface area contributed by atoms with Gasteiger partial charge in [0.1, 0.15) is 10.6 Å². The number of rotatable bonds is 4. The van der Waals surface area contributed by atoms with Gasteiger partial charge in [0.05, 0.1) is 11.1 Å². The fourth-order valence-electron chi connectivity index (χ4n) is 1.58. The minimum Gasteiger partial charge on any atom is -0.383 e. The summed E-state index contributed by atoms with van der Waals surface area (Å²) in [5.41, 5.74) is 5.85. The summed E-state index contributed by atoms with van der Waals surface area (Å²) in [4.78, 5) is 29.0. The van der Waals surface area contributed by atoms with Gasteiger partial charge in [0, 0.05) is 12.4 Å². The van der Waals surface area contributed by atoms with Crippen molar-refractivity contribution in [3.8, 4) is 0 Å². The fourth-order valence-corrected chi connectivity index (χ4v) is 3.06. The van der Waals surface area contributed by atoms with Crippen molar-refractivity contribution in [1.29, 1.82) is 0 Å². The highest BCUT2D eigenvalue weighted by atomic mass is 32.2. The minimum absolute atomic E-state index is 0.161. The molecule has 7 nitrogen and oxygen atoms in total. The summed E-state index contributed by atoms with van der Waals surface area (Å²) < 4.78 is 0. The summed E-state index contributed by atoms with van der Waals surface area (Å²) in [7, 11) is 0. The summed E-state index contributed by atoms with van der Waals surface area (Å²) in [6.45, 7) is 0. The van der Waals surface area contributed by atoms with E-state index < -0.39 is 0 Å². The number of nitrogens with two attached hydrogens (primary N) is 1. The third-order valence-electron chi connectivity index (χ3n) is 2.48. The average molecular weight is 318 g/mol. The molecule has 0 radical (unpaired) electrons. The van der Waals surface area contributed by atoms with Crippen LogP contribution in [0.3, 0.4) is 0 Å². The first-order valence-electron chi connectivity index (χ1n) is 5.93. The first kappa shape index (κ1) is 13.7. The SMILES string of the molecule is Nc1nc(SCC(=O)Nc2ncccn2)nc2sccc12. The first-order chi connectivity index (χ1) is 10.2. The van der Waals surface area contributed by atoms with Crippen LogP contribution in [0.5, 0.6) is 0 Å². The molecule has 0 fully saturated rings. The molecule has 0 aliphatic carbocycles. The molecular formula is C12H10N6OS2. The van der Waals surface area contributed by atoms with Gasteiger partial charge in [0.25, 0.3) is 0 Å². The quantitative estimate of drug-likeness (QED) is 0.558. The maximum absolute atomic E-state index is 11.8. The molecule has 3 aromatic rings. The molecule has 0 aromatic carbocycles. The summed E-state index contributed by atoms with van der Waals surface area (Å²) in [6, 6.07) is 3.56. The zero-order valence-electron chi connectivity index (χ0n) is 10.7. The monoisotopic (exact) mass is 318 g/mol. The second-order valence-corrected chi connectivity index (χ2v) is 5.78. The largest absolute Gasteiger partial charge is 0.383 e. The predicted octanol–water partition coefficient (Wildman–Crippen LogP) is 1.79. The zero-order chi connectivity index (χ0) is 14.7. The number of nitrogen functional groups attached to an aromatic ring is 1. The van der Waals surface area contributed by atoms with Crippen molar-refractivity contribution in [3.63, 3.8) is 0 Å². The third-order valence-corrected chi connectivity index (χ3v) is 4.14. The number of carbonyl (C=O) groups excluding carboxylic acids is 1. The van der Waals surface area contributed by atoms with Gasteiger partial charge in [0.15, 0.2) is 5.16 Å². The van der Waals surface area contributed by atoms with E-state index in [9.17, 15) is 4.79 Å². The van der Waals surface area contributed by atoms with Gasteiger partial charge in [-0.05, 0) is 17.5 Å². The molecule has 3 aromatic heterocycles. The highest BCUT2D eigenvalue weighted by molar-refractivity contribution is 7.99. The Morgan fingerprint density at radius 3 is 2.95 bits per heavy atom. The second-order valence-electron chi connectivity index (χ2n) is 3.94. The number of fused-ring (bicyclic) bond motifs is 1. The van der Waals surface area contributed by atoms with Crippen LogP contribution >= 0.6 is 23.1 Å². The van der Waals surface area contributed by atoms with Crippen LogP contribution in [0.4, 0.5) is 11.8 Å². The molecule has 106 valence electrons. The van der Waals surface area contributed by atoms with Crippen LogP contribution in [0.2, 0.25) is 0 Å². The van der Waals surface area contributed by atoms with E-state index in [2.05, 4.69) is 25.3 Å². The summed E-state index contributed by atoms with van der Waals surface area (Å²) in [6.07, 6.45) is 3.12. The van der Waals surface area contributed by atoms with Gasteiger partial charge in [-0.15, -0.1) is 11.3 Å². The molecule has 0 unspecified atom stereocenters. The van der Waals surface area contributed by atoms with Gasteiger partial charge in [-0.2, -0.15) is 0 Å². The molecule has 0 saturated carbocycles. The fraction of sp³-hybridized carbons (Fsp3) is 0.0833. The third kappa shape index (κ3) is 3.26. The van der Waals surface area contributed by atoms with Gasteiger partial charge in [-0.1, -0.05) is 11.8 Å². The van der Waals surface area contributed by atoms with Crippen LogP contribution in [0.25, 0.3) is 10.2 Å². The van der Waals surface area contributed by atoms with Crippen molar-refractivity contribution in [2.45, 2.75) is 5.16 Å². The highest BCUT2D eigenvalue weighted by Gasteiger charge is 2.10. The summed E-state index contributed by atoms with van der Waals surface area (Å²) in [5, 5.41) is 5.82. The molecule has 0 bridgehead atoms. The van der Waals surface area contributed by atoms with Crippen LogP contribution < -0.4 is 11.1 Å². The number of anilines is 2. The summed E-state index contributed by atoms with van der Waals surface area (Å²) in [5.74, 6) is 0.640. The molecule has 0 atom stereocenters. The lowest BCUT2D eigenvalue weighted by Gasteiger charge is -2.03. The number of aromatic nitrogens is 4. The van der Waals surface area contributed by atoms with Crippen molar-refractivity contribution in [3.05, 3.63) is 29.9 Å². The van der Waals surface area contributed by atoms with Crippen molar-refractivity contribution >= 4 is 51.0 Å². The topological polar surface area (TPSA) is 107 Å². The van der Waals surface area contributed by atoms with Gasteiger partial charge in [0.2, 0.25) is 11.9 Å².